The number of rotatable bonds is 4. The molecule has 0 bridgehead atoms. The molecule has 33 heavy (non-hydrogen) atoms. The first-order chi connectivity index (χ1) is 15.8. The van der Waals surface area contributed by atoms with Crippen molar-refractivity contribution in [3.05, 3.63) is 70.9 Å². The van der Waals surface area contributed by atoms with Gasteiger partial charge in [0.05, 0.1) is 0 Å². The van der Waals surface area contributed by atoms with E-state index in [1.165, 1.54) is 0 Å². The normalized spacial score (nSPS) is 14.2. The molecule has 2 aliphatic heterocycles. The Balaban J connectivity index is 1.31. The zero-order chi connectivity index (χ0) is 23.0. The molecule has 0 fully saturated rings. The third kappa shape index (κ3) is 4.63. The van der Waals surface area contributed by atoms with E-state index >= 15 is 0 Å². The summed E-state index contributed by atoms with van der Waals surface area (Å²) in [6.45, 7) is 1.44. The first kappa shape index (κ1) is 21.3. The standard InChI is InChI=1S/C22H18F3N5O2S/c23-22(24,25)18-8-19(30-10-14-3-1-2-4-15(14)11-30)28-20(27-18)29-21(33)26-9-13-5-6-16-17(7-13)32-12-31-16/h1-8H,9-12H2,(H2,26,27,28,29,33). The number of aromatic nitrogens is 2. The Morgan fingerprint density at radius 2 is 1.73 bits per heavy atom. The van der Waals surface area contributed by atoms with E-state index in [2.05, 4.69) is 20.6 Å². The molecule has 2 aromatic carbocycles. The van der Waals surface area contributed by atoms with Gasteiger partial charge in [-0.25, -0.2) is 4.98 Å². The van der Waals surface area contributed by atoms with Gasteiger partial charge in [0.1, 0.15) is 5.82 Å². The van der Waals surface area contributed by atoms with E-state index in [1.54, 1.807) is 11.0 Å². The maximum Gasteiger partial charge on any atom is 0.433 e. The molecule has 0 unspecified atom stereocenters. The number of hydrogen-bond donors (Lipinski definition) is 2. The zero-order valence-corrected chi connectivity index (χ0v) is 18.0. The molecule has 0 saturated heterocycles. The molecule has 3 heterocycles. The largest absolute Gasteiger partial charge is 0.454 e. The number of fused-ring (bicyclic) bond motifs is 2. The molecule has 11 heteroatoms. The van der Waals surface area contributed by atoms with Crippen LogP contribution in [0.25, 0.3) is 0 Å². The lowest BCUT2D eigenvalue weighted by Gasteiger charge is -2.19. The molecule has 0 saturated carbocycles. The maximum absolute atomic E-state index is 13.5. The molecule has 1 aromatic heterocycles. The maximum atomic E-state index is 13.5. The summed E-state index contributed by atoms with van der Waals surface area (Å²) in [5, 5.41) is 5.73. The molecular formula is C22H18F3N5O2S. The predicted octanol–water partition coefficient (Wildman–Crippen LogP) is 4.23. The number of hydrogen-bond acceptors (Lipinski definition) is 6. The van der Waals surface area contributed by atoms with Crippen LogP contribution in [0.2, 0.25) is 0 Å². The molecule has 0 aliphatic carbocycles. The topological polar surface area (TPSA) is 71.5 Å². The monoisotopic (exact) mass is 473 g/mol. The van der Waals surface area contributed by atoms with Gasteiger partial charge in [0.15, 0.2) is 22.3 Å². The number of alkyl halides is 3. The highest BCUT2D eigenvalue weighted by molar-refractivity contribution is 7.80. The fourth-order valence-corrected chi connectivity index (χ4v) is 3.84. The Labute approximate surface area is 192 Å². The van der Waals surface area contributed by atoms with Crippen molar-refractivity contribution in [1.29, 1.82) is 0 Å². The van der Waals surface area contributed by atoms with E-state index in [1.807, 2.05) is 36.4 Å². The Kier molecular flexibility index (Phi) is 5.41. The lowest BCUT2D eigenvalue weighted by Crippen LogP contribution is -2.29. The summed E-state index contributed by atoms with van der Waals surface area (Å²) in [7, 11) is 0. The summed E-state index contributed by atoms with van der Waals surface area (Å²) in [6, 6.07) is 14.1. The van der Waals surface area contributed by atoms with Gasteiger partial charge in [0.25, 0.3) is 0 Å². The first-order valence-electron chi connectivity index (χ1n) is 10.1. The van der Waals surface area contributed by atoms with Crippen molar-refractivity contribution in [3.8, 4) is 11.5 Å². The fraction of sp³-hybridized carbons (Fsp3) is 0.227. The van der Waals surface area contributed by atoms with Gasteiger partial charge in [-0.2, -0.15) is 18.2 Å². The van der Waals surface area contributed by atoms with Crippen molar-refractivity contribution in [2.24, 2.45) is 0 Å². The van der Waals surface area contributed by atoms with E-state index in [0.29, 0.717) is 31.1 Å². The average molecular weight is 473 g/mol. The minimum Gasteiger partial charge on any atom is -0.454 e. The highest BCUT2D eigenvalue weighted by Crippen LogP contribution is 2.34. The number of thiocarbonyl (C=S) groups is 1. The molecule has 0 atom stereocenters. The Bertz CT molecular complexity index is 1200. The highest BCUT2D eigenvalue weighted by Gasteiger charge is 2.35. The first-order valence-corrected chi connectivity index (χ1v) is 10.5. The quantitative estimate of drug-likeness (QED) is 0.546. The van der Waals surface area contributed by atoms with Crippen molar-refractivity contribution in [2.75, 3.05) is 17.0 Å². The molecule has 0 spiro atoms. The number of ether oxygens (including phenoxy) is 2. The van der Waals surface area contributed by atoms with Gasteiger partial charge < -0.3 is 25.0 Å². The van der Waals surface area contributed by atoms with E-state index in [4.69, 9.17) is 21.7 Å². The van der Waals surface area contributed by atoms with Crippen LogP contribution in [0.15, 0.2) is 48.5 Å². The van der Waals surface area contributed by atoms with Crippen molar-refractivity contribution in [2.45, 2.75) is 25.8 Å². The average Bonchev–Trinajstić information content (AvgIpc) is 3.43. The summed E-state index contributed by atoms with van der Waals surface area (Å²) < 4.78 is 51.1. The van der Waals surface area contributed by atoms with Crippen molar-refractivity contribution in [3.63, 3.8) is 0 Å². The summed E-state index contributed by atoms with van der Waals surface area (Å²) in [5.41, 5.74) is 1.94. The third-order valence-corrected chi connectivity index (χ3v) is 5.53. The molecule has 3 aromatic rings. The number of nitrogens with one attached hydrogen (secondary N) is 2. The summed E-state index contributed by atoms with van der Waals surface area (Å²) in [6.07, 6.45) is -4.62. The van der Waals surface area contributed by atoms with Gasteiger partial charge in [-0.15, -0.1) is 0 Å². The highest BCUT2D eigenvalue weighted by atomic mass is 32.1. The lowest BCUT2D eigenvalue weighted by molar-refractivity contribution is -0.141. The lowest BCUT2D eigenvalue weighted by atomic mass is 10.1. The second kappa shape index (κ2) is 8.39. The van der Waals surface area contributed by atoms with Crippen molar-refractivity contribution in [1.82, 2.24) is 15.3 Å². The summed E-state index contributed by atoms with van der Waals surface area (Å²) >= 11 is 5.25. The van der Waals surface area contributed by atoms with Gasteiger partial charge in [0, 0.05) is 25.7 Å². The zero-order valence-electron chi connectivity index (χ0n) is 17.1. The van der Waals surface area contributed by atoms with Crippen LogP contribution in [-0.4, -0.2) is 21.9 Å². The Morgan fingerprint density at radius 3 is 2.45 bits per heavy atom. The smallest absolute Gasteiger partial charge is 0.433 e. The number of benzene rings is 2. The van der Waals surface area contributed by atoms with E-state index in [-0.39, 0.29) is 23.7 Å². The molecule has 0 amide bonds. The second-order valence-electron chi connectivity index (χ2n) is 7.55. The van der Waals surface area contributed by atoms with E-state index < -0.39 is 11.9 Å². The number of halogens is 3. The van der Waals surface area contributed by atoms with Crippen LogP contribution in [-0.2, 0) is 25.8 Å². The Morgan fingerprint density at radius 1 is 1.00 bits per heavy atom. The van der Waals surface area contributed by atoms with Crippen LogP contribution >= 0.6 is 12.2 Å². The van der Waals surface area contributed by atoms with E-state index in [0.717, 1.165) is 22.8 Å². The SMILES string of the molecule is FC(F)(F)c1cc(N2Cc3ccccc3C2)nc(NC(=S)NCc2ccc3c(c2)OCO3)n1. The molecule has 2 N–H and O–H groups in total. The van der Waals surface area contributed by atoms with Crippen LogP contribution in [0.1, 0.15) is 22.4 Å². The Hall–Kier alpha value is -3.60. The fourth-order valence-electron chi connectivity index (χ4n) is 3.67. The number of anilines is 2. The molecular weight excluding hydrogens is 455 g/mol. The van der Waals surface area contributed by atoms with Crippen LogP contribution < -0.4 is 25.0 Å². The van der Waals surface area contributed by atoms with Gasteiger partial charge >= 0.3 is 6.18 Å². The second-order valence-corrected chi connectivity index (χ2v) is 7.96. The molecule has 0 radical (unpaired) electrons. The molecule has 7 nitrogen and oxygen atoms in total. The van der Waals surface area contributed by atoms with Gasteiger partial charge in [0.2, 0.25) is 12.7 Å². The van der Waals surface area contributed by atoms with Gasteiger partial charge in [-0.05, 0) is 41.0 Å². The van der Waals surface area contributed by atoms with Crippen LogP contribution in [0, 0.1) is 0 Å². The van der Waals surface area contributed by atoms with Gasteiger partial charge in [-0.1, -0.05) is 30.3 Å². The van der Waals surface area contributed by atoms with Crippen molar-refractivity contribution >= 4 is 29.1 Å². The minimum atomic E-state index is -4.62. The van der Waals surface area contributed by atoms with Gasteiger partial charge in [-0.3, -0.25) is 0 Å². The predicted molar refractivity (Wildman–Crippen MR) is 119 cm³/mol. The van der Waals surface area contributed by atoms with Crippen LogP contribution in [0.3, 0.4) is 0 Å². The van der Waals surface area contributed by atoms with Crippen molar-refractivity contribution < 1.29 is 22.6 Å². The summed E-state index contributed by atoms with van der Waals surface area (Å²) in [4.78, 5) is 9.70. The van der Waals surface area contributed by atoms with Crippen LogP contribution in [0.5, 0.6) is 11.5 Å². The molecule has 2 aliphatic rings. The number of nitrogens with zero attached hydrogens (tertiary/aromatic N) is 3. The van der Waals surface area contributed by atoms with Crippen LogP contribution in [0.4, 0.5) is 24.9 Å². The molecule has 170 valence electrons. The molecule has 5 rings (SSSR count). The summed E-state index contributed by atoms with van der Waals surface area (Å²) in [5.74, 6) is 1.24. The minimum absolute atomic E-state index is 0.0997. The van der Waals surface area contributed by atoms with E-state index in [9.17, 15) is 13.2 Å². The third-order valence-electron chi connectivity index (χ3n) is 5.28.